The maximum Gasteiger partial charge on any atom is 0.273 e. The number of fused-ring (bicyclic) bond motifs is 1. The Kier molecular flexibility index (Phi) is 4.78. The molecule has 0 aliphatic carbocycles. The number of benzene rings is 2. The first-order chi connectivity index (χ1) is 13.5. The molecule has 1 amide bonds. The summed E-state index contributed by atoms with van der Waals surface area (Å²) in [7, 11) is 1.56. The van der Waals surface area contributed by atoms with Gasteiger partial charge >= 0.3 is 0 Å². The Hall–Kier alpha value is -2.90. The molecule has 2 N–H and O–H groups in total. The van der Waals surface area contributed by atoms with Gasteiger partial charge in [0.2, 0.25) is 0 Å². The van der Waals surface area contributed by atoms with Crippen LogP contribution >= 0.6 is 11.6 Å². The van der Waals surface area contributed by atoms with Gasteiger partial charge in [-0.2, -0.15) is 5.10 Å². The number of carbonyl (C=O) groups excluding carboxylic acids is 1. The van der Waals surface area contributed by atoms with E-state index in [0.717, 1.165) is 5.56 Å². The molecule has 6 nitrogen and oxygen atoms in total. The third-order valence-corrected chi connectivity index (χ3v) is 5.03. The molecule has 0 fully saturated rings. The molecule has 4 rings (SSSR count). The first-order valence-corrected chi connectivity index (χ1v) is 9.01. The van der Waals surface area contributed by atoms with Crippen LogP contribution in [0.4, 0.5) is 4.39 Å². The Morgan fingerprint density at radius 1 is 1.29 bits per heavy atom. The minimum absolute atomic E-state index is 0.000605. The van der Waals surface area contributed by atoms with Crippen LogP contribution in [0.2, 0.25) is 5.02 Å². The minimum Gasteiger partial charge on any atom is -0.507 e. The predicted molar refractivity (Wildman–Crippen MR) is 102 cm³/mol. The van der Waals surface area contributed by atoms with Gasteiger partial charge in [0.25, 0.3) is 5.91 Å². The van der Waals surface area contributed by atoms with Crippen molar-refractivity contribution in [1.82, 2.24) is 15.1 Å². The second-order valence-corrected chi connectivity index (χ2v) is 6.90. The zero-order valence-corrected chi connectivity index (χ0v) is 15.7. The first-order valence-electron chi connectivity index (χ1n) is 8.63. The van der Waals surface area contributed by atoms with Gasteiger partial charge in [-0.25, -0.2) is 4.39 Å². The van der Waals surface area contributed by atoms with Gasteiger partial charge in [0.1, 0.15) is 23.0 Å². The lowest BCUT2D eigenvalue weighted by Crippen LogP contribution is -2.32. The highest BCUT2D eigenvalue weighted by atomic mass is 35.5. The van der Waals surface area contributed by atoms with Crippen LogP contribution in [0.25, 0.3) is 11.3 Å². The number of phenols is 1. The number of methoxy groups -OCH3 is 1. The molecule has 144 valence electrons. The summed E-state index contributed by atoms with van der Waals surface area (Å²) in [5.41, 5.74) is 2.52. The maximum atomic E-state index is 13.5. The molecule has 28 heavy (non-hydrogen) atoms. The van der Waals surface area contributed by atoms with Crippen LogP contribution < -0.4 is 0 Å². The molecule has 0 bridgehead atoms. The predicted octanol–water partition coefficient (Wildman–Crippen LogP) is 3.77. The third kappa shape index (κ3) is 3.02. The van der Waals surface area contributed by atoms with Crippen LogP contribution in [0.1, 0.15) is 27.7 Å². The number of hydrogen-bond donors (Lipinski definition) is 2. The van der Waals surface area contributed by atoms with Crippen molar-refractivity contribution in [2.75, 3.05) is 20.3 Å². The number of aromatic nitrogens is 2. The fourth-order valence-corrected chi connectivity index (χ4v) is 3.68. The Balaban J connectivity index is 1.89. The maximum absolute atomic E-state index is 13.5. The van der Waals surface area contributed by atoms with Gasteiger partial charge in [-0.05, 0) is 35.9 Å². The van der Waals surface area contributed by atoms with Gasteiger partial charge in [-0.1, -0.05) is 23.7 Å². The third-order valence-electron chi connectivity index (χ3n) is 4.80. The zero-order valence-electron chi connectivity index (χ0n) is 14.9. The highest BCUT2D eigenvalue weighted by Crippen LogP contribution is 2.44. The number of hydrogen-bond acceptors (Lipinski definition) is 4. The number of ether oxygens (including phenoxy) is 1. The molecule has 0 radical (unpaired) electrons. The van der Waals surface area contributed by atoms with Crippen molar-refractivity contribution in [2.24, 2.45) is 0 Å². The van der Waals surface area contributed by atoms with E-state index in [0.29, 0.717) is 40.7 Å². The monoisotopic (exact) mass is 401 g/mol. The minimum atomic E-state index is -0.495. The summed E-state index contributed by atoms with van der Waals surface area (Å²) >= 11 is 6.10. The summed E-state index contributed by atoms with van der Waals surface area (Å²) in [5, 5.41) is 17.8. The quantitative estimate of drug-likeness (QED) is 0.682. The van der Waals surface area contributed by atoms with Crippen LogP contribution in [0.5, 0.6) is 5.75 Å². The number of halogens is 2. The number of carbonyl (C=O) groups is 1. The Bertz CT molecular complexity index is 1040. The van der Waals surface area contributed by atoms with Gasteiger partial charge in [0.15, 0.2) is 0 Å². The van der Waals surface area contributed by atoms with E-state index in [4.69, 9.17) is 16.3 Å². The van der Waals surface area contributed by atoms with Gasteiger partial charge < -0.3 is 14.7 Å². The van der Waals surface area contributed by atoms with Crippen molar-refractivity contribution < 1.29 is 19.0 Å². The van der Waals surface area contributed by atoms with Crippen molar-refractivity contribution in [3.63, 3.8) is 0 Å². The summed E-state index contributed by atoms with van der Waals surface area (Å²) < 4.78 is 18.6. The van der Waals surface area contributed by atoms with Crippen LogP contribution in [0.15, 0.2) is 42.5 Å². The number of nitrogens with zero attached hydrogens (tertiary/aromatic N) is 2. The number of amides is 1. The number of rotatable bonds is 5. The molecule has 1 aromatic heterocycles. The van der Waals surface area contributed by atoms with E-state index in [1.807, 2.05) is 0 Å². The molecule has 1 atom stereocenters. The Labute approximate surface area is 165 Å². The standard InChI is InChI=1S/C20H17ClFN3O3/c1-28-9-8-25-19(11-2-5-13(22)6-3-11)16-17(23-24-18(16)20(25)27)14-10-12(21)4-7-15(14)26/h2-7,10,19,26H,8-9H2,1H3,(H,23,24). The van der Waals surface area contributed by atoms with E-state index < -0.39 is 6.04 Å². The fourth-order valence-electron chi connectivity index (χ4n) is 3.51. The van der Waals surface area contributed by atoms with Crippen molar-refractivity contribution in [3.8, 4) is 17.0 Å². The molecule has 0 saturated heterocycles. The Morgan fingerprint density at radius 2 is 2.04 bits per heavy atom. The SMILES string of the molecule is COCCN1C(=O)c2[nH]nc(-c3cc(Cl)ccc3O)c2C1c1ccc(F)cc1. The molecule has 2 heterocycles. The zero-order chi connectivity index (χ0) is 19.8. The molecule has 0 saturated carbocycles. The fraction of sp³-hybridized carbons (Fsp3) is 0.200. The van der Waals surface area contributed by atoms with E-state index in [2.05, 4.69) is 10.2 Å². The highest BCUT2D eigenvalue weighted by molar-refractivity contribution is 6.31. The number of H-pyrrole nitrogens is 1. The van der Waals surface area contributed by atoms with Gasteiger partial charge in [-0.15, -0.1) is 0 Å². The smallest absolute Gasteiger partial charge is 0.273 e. The number of aromatic hydroxyl groups is 1. The lowest BCUT2D eigenvalue weighted by Gasteiger charge is -2.26. The van der Waals surface area contributed by atoms with Gasteiger partial charge in [0, 0.05) is 29.8 Å². The average Bonchev–Trinajstić information content (AvgIpc) is 3.22. The van der Waals surface area contributed by atoms with Gasteiger partial charge in [0.05, 0.1) is 12.6 Å². The molecule has 1 aliphatic heterocycles. The van der Waals surface area contributed by atoms with E-state index >= 15 is 0 Å². The summed E-state index contributed by atoms with van der Waals surface area (Å²) in [6, 6.07) is 10.1. The number of aromatic amines is 1. The highest BCUT2D eigenvalue weighted by Gasteiger charge is 2.42. The first kappa shape index (κ1) is 18.5. The second-order valence-electron chi connectivity index (χ2n) is 6.47. The lowest BCUT2D eigenvalue weighted by atomic mass is 9.95. The van der Waals surface area contributed by atoms with E-state index in [1.165, 1.54) is 18.2 Å². The van der Waals surface area contributed by atoms with Crippen molar-refractivity contribution in [2.45, 2.75) is 6.04 Å². The molecule has 1 unspecified atom stereocenters. The van der Waals surface area contributed by atoms with Crippen molar-refractivity contribution >= 4 is 17.5 Å². The van der Waals surface area contributed by atoms with Crippen molar-refractivity contribution in [3.05, 3.63) is 70.1 Å². The molecule has 2 aromatic carbocycles. The lowest BCUT2D eigenvalue weighted by molar-refractivity contribution is 0.0677. The number of nitrogens with one attached hydrogen (secondary N) is 1. The summed E-state index contributed by atoms with van der Waals surface area (Å²) in [4.78, 5) is 14.6. The largest absolute Gasteiger partial charge is 0.507 e. The van der Waals surface area contributed by atoms with Crippen LogP contribution in [-0.4, -0.2) is 46.4 Å². The van der Waals surface area contributed by atoms with Crippen LogP contribution in [-0.2, 0) is 4.74 Å². The van der Waals surface area contributed by atoms with Crippen molar-refractivity contribution in [1.29, 1.82) is 0 Å². The van der Waals surface area contributed by atoms with E-state index in [-0.39, 0.29) is 17.5 Å². The topological polar surface area (TPSA) is 78.5 Å². The molecule has 3 aromatic rings. The molecule has 0 spiro atoms. The molecule has 8 heteroatoms. The van der Waals surface area contributed by atoms with E-state index in [1.54, 1.807) is 36.3 Å². The molecule has 1 aliphatic rings. The molecular formula is C20H17ClFN3O3. The number of phenolic OH excluding ortho intramolecular Hbond substituents is 1. The normalized spacial score (nSPS) is 15.9. The summed E-state index contributed by atoms with van der Waals surface area (Å²) in [6.45, 7) is 0.694. The second kappa shape index (κ2) is 7.26. The van der Waals surface area contributed by atoms with Gasteiger partial charge in [-0.3, -0.25) is 9.89 Å². The average molecular weight is 402 g/mol. The molecular weight excluding hydrogens is 385 g/mol. The van der Waals surface area contributed by atoms with Crippen LogP contribution in [0.3, 0.4) is 0 Å². The Morgan fingerprint density at radius 3 is 2.75 bits per heavy atom. The van der Waals surface area contributed by atoms with E-state index in [9.17, 15) is 14.3 Å². The summed E-state index contributed by atoms with van der Waals surface area (Å²) in [6.07, 6.45) is 0. The van der Waals surface area contributed by atoms with Crippen LogP contribution in [0, 0.1) is 5.82 Å². The summed E-state index contributed by atoms with van der Waals surface area (Å²) in [5.74, 6) is -0.599.